The van der Waals surface area contributed by atoms with E-state index in [1.54, 1.807) is 20.1 Å². The molecule has 86 valence electrons. The van der Waals surface area contributed by atoms with Crippen LogP contribution in [-0.4, -0.2) is 13.1 Å². The van der Waals surface area contributed by atoms with Crippen LogP contribution >= 0.6 is 0 Å². The van der Waals surface area contributed by atoms with Crippen molar-refractivity contribution in [1.29, 1.82) is 0 Å². The molecule has 1 saturated carbocycles. The van der Waals surface area contributed by atoms with Crippen LogP contribution in [0.1, 0.15) is 37.7 Å². The van der Waals surface area contributed by atoms with Gasteiger partial charge in [0, 0.05) is 12.0 Å². The van der Waals surface area contributed by atoms with E-state index in [1.165, 1.54) is 12.8 Å². The molecule has 0 saturated heterocycles. The van der Waals surface area contributed by atoms with Crippen molar-refractivity contribution in [3.05, 3.63) is 23.8 Å². The largest absolute Gasteiger partial charge is 0.496 e. The van der Waals surface area contributed by atoms with Gasteiger partial charge in [-0.15, -0.1) is 0 Å². The molecular weight excluding hydrogens is 204 g/mol. The molecule has 1 fully saturated rings. The van der Waals surface area contributed by atoms with Crippen LogP contribution < -0.4 is 9.47 Å². The third kappa shape index (κ3) is 2.35. The highest BCUT2D eigenvalue weighted by Crippen LogP contribution is 2.45. The maximum Gasteiger partial charge on any atom is 0.310 e. The minimum atomic E-state index is -0.202. The average molecular weight is 220 g/mol. The summed E-state index contributed by atoms with van der Waals surface area (Å²) in [7, 11) is 1.67. The minimum absolute atomic E-state index is 0.202. The molecule has 0 bridgehead atoms. The number of esters is 1. The highest BCUT2D eigenvalue weighted by molar-refractivity contribution is 5.72. The molecule has 0 heterocycles. The van der Waals surface area contributed by atoms with E-state index in [9.17, 15) is 4.79 Å². The van der Waals surface area contributed by atoms with Crippen molar-refractivity contribution >= 4 is 5.97 Å². The fourth-order valence-electron chi connectivity index (χ4n) is 1.69. The molecule has 0 N–H and O–H groups in total. The fourth-order valence-corrected chi connectivity index (χ4v) is 1.69. The van der Waals surface area contributed by atoms with Gasteiger partial charge in [-0.1, -0.05) is 6.92 Å². The van der Waals surface area contributed by atoms with Gasteiger partial charge in [0.25, 0.3) is 0 Å². The molecule has 3 heteroatoms. The molecule has 0 spiro atoms. The Bertz CT molecular complexity index is 394. The third-order valence-corrected chi connectivity index (χ3v) is 2.74. The zero-order chi connectivity index (χ0) is 11.5. The Morgan fingerprint density at radius 1 is 1.44 bits per heavy atom. The Balaban J connectivity index is 2.21. The van der Waals surface area contributed by atoms with Gasteiger partial charge in [0.15, 0.2) is 0 Å². The van der Waals surface area contributed by atoms with Gasteiger partial charge in [0.05, 0.1) is 7.11 Å². The van der Waals surface area contributed by atoms with E-state index in [0.717, 1.165) is 11.3 Å². The molecule has 1 aromatic carbocycles. The van der Waals surface area contributed by atoms with Crippen molar-refractivity contribution in [2.75, 3.05) is 7.11 Å². The predicted octanol–water partition coefficient (Wildman–Crippen LogP) is 2.89. The van der Waals surface area contributed by atoms with Gasteiger partial charge in [-0.25, -0.2) is 0 Å². The maximum absolute atomic E-state index is 11.2. The van der Waals surface area contributed by atoms with Crippen LogP contribution in [0.4, 0.5) is 0 Å². The lowest BCUT2D eigenvalue weighted by Gasteiger charge is -2.09. The number of methoxy groups -OCH3 is 1. The molecule has 0 aromatic heterocycles. The summed E-state index contributed by atoms with van der Waals surface area (Å²) in [5, 5.41) is 0. The Morgan fingerprint density at radius 3 is 2.75 bits per heavy atom. The Kier molecular flexibility index (Phi) is 3.13. The molecular formula is C13H16O3. The molecule has 16 heavy (non-hydrogen) atoms. The Hall–Kier alpha value is -1.51. The van der Waals surface area contributed by atoms with Crippen molar-refractivity contribution in [3.8, 4) is 11.5 Å². The molecule has 1 aromatic rings. The highest BCUT2D eigenvalue weighted by atomic mass is 16.5. The van der Waals surface area contributed by atoms with Crippen LogP contribution in [0.15, 0.2) is 18.2 Å². The van der Waals surface area contributed by atoms with Gasteiger partial charge in [-0.2, -0.15) is 0 Å². The molecule has 0 amide bonds. The first kappa shape index (κ1) is 11.0. The SMILES string of the molecule is CCC(=O)Oc1ccc(OC)c(C2CC2)c1. The zero-order valence-corrected chi connectivity index (χ0v) is 9.66. The van der Waals surface area contributed by atoms with E-state index in [4.69, 9.17) is 9.47 Å². The Labute approximate surface area is 95.4 Å². The molecule has 1 aliphatic carbocycles. The molecule has 2 rings (SSSR count). The van der Waals surface area contributed by atoms with Crippen LogP contribution in [0.25, 0.3) is 0 Å². The van der Waals surface area contributed by atoms with E-state index < -0.39 is 0 Å². The summed E-state index contributed by atoms with van der Waals surface area (Å²) in [5.41, 5.74) is 1.16. The summed E-state index contributed by atoms with van der Waals surface area (Å²) in [6.07, 6.45) is 2.79. The van der Waals surface area contributed by atoms with Crippen molar-refractivity contribution < 1.29 is 14.3 Å². The molecule has 0 aliphatic heterocycles. The quantitative estimate of drug-likeness (QED) is 0.578. The predicted molar refractivity (Wildman–Crippen MR) is 60.9 cm³/mol. The van der Waals surface area contributed by atoms with Crippen molar-refractivity contribution in [1.82, 2.24) is 0 Å². The number of ether oxygens (including phenoxy) is 2. The van der Waals surface area contributed by atoms with Gasteiger partial charge in [0.2, 0.25) is 0 Å². The second-order valence-corrected chi connectivity index (χ2v) is 4.01. The first-order valence-electron chi connectivity index (χ1n) is 5.63. The summed E-state index contributed by atoms with van der Waals surface area (Å²) in [6, 6.07) is 5.56. The average Bonchev–Trinajstić information content (AvgIpc) is 3.12. The second kappa shape index (κ2) is 4.56. The Morgan fingerprint density at radius 2 is 2.19 bits per heavy atom. The molecule has 0 atom stereocenters. The lowest BCUT2D eigenvalue weighted by Crippen LogP contribution is -2.05. The van der Waals surface area contributed by atoms with Crippen LogP contribution in [0, 0.1) is 0 Å². The lowest BCUT2D eigenvalue weighted by molar-refractivity contribution is -0.134. The summed E-state index contributed by atoms with van der Waals surface area (Å²) < 4.78 is 10.5. The smallest absolute Gasteiger partial charge is 0.310 e. The standard InChI is InChI=1S/C13H16O3/c1-3-13(14)16-10-6-7-12(15-2)11(8-10)9-4-5-9/h6-9H,3-5H2,1-2H3. The minimum Gasteiger partial charge on any atom is -0.496 e. The number of benzene rings is 1. The van der Waals surface area contributed by atoms with Crippen molar-refractivity contribution in [2.45, 2.75) is 32.1 Å². The lowest BCUT2D eigenvalue weighted by atomic mass is 10.1. The highest BCUT2D eigenvalue weighted by Gasteiger charge is 2.27. The summed E-state index contributed by atoms with van der Waals surface area (Å²) in [4.78, 5) is 11.2. The van der Waals surface area contributed by atoms with Crippen molar-refractivity contribution in [2.24, 2.45) is 0 Å². The zero-order valence-electron chi connectivity index (χ0n) is 9.66. The van der Waals surface area contributed by atoms with Gasteiger partial charge < -0.3 is 9.47 Å². The fraction of sp³-hybridized carbons (Fsp3) is 0.462. The summed E-state index contributed by atoms with van der Waals surface area (Å²) in [6.45, 7) is 1.79. The summed E-state index contributed by atoms with van der Waals surface area (Å²) >= 11 is 0. The first-order valence-corrected chi connectivity index (χ1v) is 5.63. The van der Waals surface area contributed by atoms with Crippen LogP contribution in [0.5, 0.6) is 11.5 Å². The van der Waals surface area contributed by atoms with Gasteiger partial charge >= 0.3 is 5.97 Å². The molecule has 1 aliphatic rings. The van der Waals surface area contributed by atoms with Crippen LogP contribution in [0.3, 0.4) is 0 Å². The number of carbonyl (C=O) groups is 1. The van der Waals surface area contributed by atoms with E-state index in [-0.39, 0.29) is 5.97 Å². The molecule has 3 nitrogen and oxygen atoms in total. The summed E-state index contributed by atoms with van der Waals surface area (Å²) in [5.74, 6) is 1.88. The second-order valence-electron chi connectivity index (χ2n) is 4.01. The van der Waals surface area contributed by atoms with Crippen LogP contribution in [-0.2, 0) is 4.79 Å². The van der Waals surface area contributed by atoms with E-state index in [0.29, 0.717) is 18.1 Å². The van der Waals surface area contributed by atoms with Crippen LogP contribution in [0.2, 0.25) is 0 Å². The maximum atomic E-state index is 11.2. The molecule has 0 unspecified atom stereocenters. The number of hydrogen-bond acceptors (Lipinski definition) is 3. The van der Waals surface area contributed by atoms with Crippen molar-refractivity contribution in [3.63, 3.8) is 0 Å². The normalized spacial score (nSPS) is 14.6. The van der Waals surface area contributed by atoms with Gasteiger partial charge in [-0.3, -0.25) is 4.79 Å². The topological polar surface area (TPSA) is 35.5 Å². The van der Waals surface area contributed by atoms with Gasteiger partial charge in [0.1, 0.15) is 11.5 Å². The monoisotopic (exact) mass is 220 g/mol. The van der Waals surface area contributed by atoms with E-state index >= 15 is 0 Å². The number of hydrogen-bond donors (Lipinski definition) is 0. The van der Waals surface area contributed by atoms with Gasteiger partial charge in [-0.05, 0) is 37.0 Å². The van der Waals surface area contributed by atoms with E-state index in [1.807, 2.05) is 12.1 Å². The number of carbonyl (C=O) groups excluding carboxylic acids is 1. The third-order valence-electron chi connectivity index (χ3n) is 2.74. The van der Waals surface area contributed by atoms with E-state index in [2.05, 4.69) is 0 Å². The number of rotatable bonds is 4. The molecule has 0 radical (unpaired) electrons. The first-order chi connectivity index (χ1) is 7.74.